The van der Waals surface area contributed by atoms with Gasteiger partial charge in [-0.1, -0.05) is 12.1 Å². The Morgan fingerprint density at radius 2 is 1.96 bits per heavy atom. The van der Waals surface area contributed by atoms with E-state index >= 15 is 0 Å². The van der Waals surface area contributed by atoms with Crippen LogP contribution in [0.1, 0.15) is 33.6 Å². The molecular weight excluding hydrogens is 304 g/mol. The molecule has 1 aliphatic rings. The molecule has 1 amide bonds. The summed E-state index contributed by atoms with van der Waals surface area (Å²) in [5.74, 6) is -0.0301. The monoisotopic (exact) mass is 329 g/mol. The van der Waals surface area contributed by atoms with Gasteiger partial charge >= 0.3 is 6.09 Å². The Morgan fingerprint density at radius 1 is 1.30 bits per heavy atom. The lowest BCUT2D eigenvalue weighted by atomic mass is 10.1. The fourth-order valence-electron chi connectivity index (χ4n) is 2.03. The zero-order valence-corrected chi connectivity index (χ0v) is 14.1. The molecule has 1 aromatic rings. The lowest BCUT2D eigenvalue weighted by Gasteiger charge is -2.31. The molecular formula is C17H25F2NO3. The largest absolute Gasteiger partial charge is 0.494 e. The first-order valence-corrected chi connectivity index (χ1v) is 7.63. The van der Waals surface area contributed by atoms with Crippen LogP contribution in [-0.2, 0) is 4.74 Å². The Morgan fingerprint density at radius 3 is 2.43 bits per heavy atom. The number of methoxy groups -OCH3 is 1. The predicted octanol–water partition coefficient (Wildman–Crippen LogP) is 4.19. The Kier molecular flexibility index (Phi) is 7.26. The number of para-hydroxylation sites is 1. The molecule has 6 heteroatoms. The van der Waals surface area contributed by atoms with Gasteiger partial charge in [0.15, 0.2) is 11.6 Å². The quantitative estimate of drug-likeness (QED) is 0.775. The van der Waals surface area contributed by atoms with Gasteiger partial charge in [0.25, 0.3) is 0 Å². The van der Waals surface area contributed by atoms with Crippen LogP contribution in [0.3, 0.4) is 0 Å². The maximum absolute atomic E-state index is 13.0. The van der Waals surface area contributed by atoms with Crippen molar-refractivity contribution in [2.24, 2.45) is 0 Å². The minimum Gasteiger partial charge on any atom is -0.494 e. The fraction of sp³-hybridized carbons (Fsp3) is 0.588. The van der Waals surface area contributed by atoms with Crippen LogP contribution in [-0.4, -0.2) is 43.0 Å². The van der Waals surface area contributed by atoms with E-state index in [0.29, 0.717) is 13.0 Å². The summed E-state index contributed by atoms with van der Waals surface area (Å²) in [6.45, 7) is 6.20. The highest BCUT2D eigenvalue weighted by molar-refractivity contribution is 5.68. The molecule has 0 radical (unpaired) electrons. The van der Waals surface area contributed by atoms with Crippen molar-refractivity contribution in [3.05, 3.63) is 30.1 Å². The van der Waals surface area contributed by atoms with Gasteiger partial charge in [-0.15, -0.1) is 0 Å². The Bertz CT molecular complexity index is 503. The number of nitrogens with zero attached hydrogens (tertiary/aromatic N) is 1. The van der Waals surface area contributed by atoms with Crippen molar-refractivity contribution < 1.29 is 23.0 Å². The molecule has 0 bridgehead atoms. The summed E-state index contributed by atoms with van der Waals surface area (Å²) in [7, 11) is 1.44. The van der Waals surface area contributed by atoms with Crippen LogP contribution in [0.15, 0.2) is 24.3 Å². The second kappa shape index (κ2) is 8.70. The van der Waals surface area contributed by atoms with Crippen LogP contribution >= 0.6 is 0 Å². The third-order valence-corrected chi connectivity index (χ3v) is 3.07. The van der Waals surface area contributed by atoms with Crippen LogP contribution < -0.4 is 4.74 Å². The minimum absolute atomic E-state index is 0.176. The summed E-state index contributed by atoms with van der Waals surface area (Å²) in [4.78, 5) is 12.9. The summed E-state index contributed by atoms with van der Waals surface area (Å²) < 4.78 is 35.3. The molecule has 0 spiro atoms. The molecule has 1 saturated heterocycles. The number of halogens is 2. The van der Waals surface area contributed by atoms with Gasteiger partial charge in [-0.2, -0.15) is 0 Å². The van der Waals surface area contributed by atoms with Gasteiger partial charge in [0.05, 0.1) is 13.7 Å². The molecule has 2 rings (SSSR count). The highest BCUT2D eigenvalue weighted by Gasteiger charge is 2.27. The van der Waals surface area contributed by atoms with Gasteiger partial charge in [0.2, 0.25) is 0 Å². The van der Waals surface area contributed by atoms with Gasteiger partial charge in [-0.05, 0) is 45.7 Å². The summed E-state index contributed by atoms with van der Waals surface area (Å²) in [6.07, 6.45) is -0.0178. The zero-order chi connectivity index (χ0) is 17.5. The molecule has 0 aromatic heterocycles. The Hall–Kier alpha value is -1.85. The summed E-state index contributed by atoms with van der Waals surface area (Å²) in [5, 5.41) is 0. The van der Waals surface area contributed by atoms with Gasteiger partial charge in [-0.25, -0.2) is 13.6 Å². The average molecular weight is 329 g/mol. The van der Waals surface area contributed by atoms with E-state index in [1.165, 1.54) is 18.1 Å². The first-order chi connectivity index (χ1) is 10.7. The van der Waals surface area contributed by atoms with Crippen molar-refractivity contribution in [3.63, 3.8) is 0 Å². The van der Waals surface area contributed by atoms with E-state index in [9.17, 15) is 13.6 Å². The zero-order valence-electron chi connectivity index (χ0n) is 14.1. The molecule has 1 aromatic carbocycles. The SMILES string of the molecule is CC(C)(C)OC(=O)N1CCCC(F)C1.COc1ccccc1F. The summed E-state index contributed by atoms with van der Waals surface area (Å²) in [6, 6.07) is 6.29. The lowest BCUT2D eigenvalue weighted by Crippen LogP contribution is -2.43. The van der Waals surface area contributed by atoms with Crippen molar-refractivity contribution in [2.45, 2.75) is 45.4 Å². The second-order valence-corrected chi connectivity index (χ2v) is 6.30. The van der Waals surface area contributed by atoms with E-state index in [1.54, 1.807) is 18.2 Å². The molecule has 23 heavy (non-hydrogen) atoms. The standard InChI is InChI=1S/C10H18FNO2.C7H7FO/c1-10(2,3)14-9(13)12-6-4-5-8(11)7-12;1-9-7-5-3-2-4-6(7)8/h8H,4-7H2,1-3H3;2-5H,1H3. The number of hydrogen-bond donors (Lipinski definition) is 0. The number of amides is 1. The van der Waals surface area contributed by atoms with Crippen LogP contribution in [0, 0.1) is 5.82 Å². The van der Waals surface area contributed by atoms with Crippen LogP contribution in [0.2, 0.25) is 0 Å². The van der Waals surface area contributed by atoms with E-state index in [4.69, 9.17) is 4.74 Å². The van der Waals surface area contributed by atoms with Gasteiger partial charge in [-0.3, -0.25) is 0 Å². The number of benzene rings is 1. The van der Waals surface area contributed by atoms with E-state index in [-0.39, 0.29) is 18.1 Å². The topological polar surface area (TPSA) is 38.8 Å². The molecule has 1 atom stereocenters. The number of carbonyl (C=O) groups excluding carboxylic acids is 1. The third-order valence-electron chi connectivity index (χ3n) is 3.07. The highest BCUT2D eigenvalue weighted by Crippen LogP contribution is 2.16. The first kappa shape index (κ1) is 19.2. The molecule has 1 heterocycles. The fourth-order valence-corrected chi connectivity index (χ4v) is 2.03. The van der Waals surface area contributed by atoms with Gasteiger partial charge < -0.3 is 14.4 Å². The third kappa shape index (κ3) is 7.30. The number of alkyl halides is 1. The minimum atomic E-state index is -0.892. The number of carbonyl (C=O) groups is 1. The average Bonchev–Trinajstić information content (AvgIpc) is 2.47. The van der Waals surface area contributed by atoms with E-state index in [1.807, 2.05) is 20.8 Å². The van der Waals surface area contributed by atoms with Crippen molar-refractivity contribution in [3.8, 4) is 5.75 Å². The normalized spacial score (nSPS) is 17.8. The maximum atomic E-state index is 13.0. The number of rotatable bonds is 1. The number of likely N-dealkylation sites (tertiary alicyclic amines) is 1. The van der Waals surface area contributed by atoms with Crippen molar-refractivity contribution in [2.75, 3.05) is 20.2 Å². The number of ether oxygens (including phenoxy) is 2. The van der Waals surface area contributed by atoms with E-state index < -0.39 is 17.9 Å². The predicted molar refractivity (Wildman–Crippen MR) is 84.9 cm³/mol. The van der Waals surface area contributed by atoms with Crippen LogP contribution in [0.25, 0.3) is 0 Å². The van der Waals surface area contributed by atoms with Crippen LogP contribution in [0.4, 0.5) is 13.6 Å². The van der Waals surface area contributed by atoms with Crippen LogP contribution in [0.5, 0.6) is 5.75 Å². The molecule has 1 unspecified atom stereocenters. The molecule has 1 aliphatic heterocycles. The van der Waals surface area contributed by atoms with Crippen molar-refractivity contribution in [1.29, 1.82) is 0 Å². The number of hydrogen-bond acceptors (Lipinski definition) is 3. The molecule has 1 fully saturated rings. The molecule has 0 saturated carbocycles. The smallest absolute Gasteiger partial charge is 0.410 e. The van der Waals surface area contributed by atoms with Crippen molar-refractivity contribution >= 4 is 6.09 Å². The lowest BCUT2D eigenvalue weighted by molar-refractivity contribution is 0.0139. The number of piperidine rings is 1. The van der Waals surface area contributed by atoms with E-state index in [0.717, 1.165) is 6.42 Å². The van der Waals surface area contributed by atoms with Gasteiger partial charge in [0, 0.05) is 6.54 Å². The van der Waals surface area contributed by atoms with Gasteiger partial charge in [0.1, 0.15) is 11.8 Å². The molecule has 130 valence electrons. The Balaban J connectivity index is 0.000000253. The summed E-state index contributed by atoms with van der Waals surface area (Å²) in [5.41, 5.74) is -0.500. The Labute approximate surface area is 136 Å². The maximum Gasteiger partial charge on any atom is 0.410 e. The second-order valence-electron chi connectivity index (χ2n) is 6.30. The summed E-state index contributed by atoms with van der Waals surface area (Å²) >= 11 is 0. The highest BCUT2D eigenvalue weighted by atomic mass is 19.1. The first-order valence-electron chi connectivity index (χ1n) is 7.63. The molecule has 4 nitrogen and oxygen atoms in total. The molecule has 0 aliphatic carbocycles. The molecule has 0 N–H and O–H groups in total. The van der Waals surface area contributed by atoms with E-state index in [2.05, 4.69) is 4.74 Å². The van der Waals surface area contributed by atoms with Crippen molar-refractivity contribution in [1.82, 2.24) is 4.90 Å².